The van der Waals surface area contributed by atoms with Crippen LogP contribution in [-0.2, 0) is 70.4 Å². The molecule has 0 spiro atoms. The first-order chi connectivity index (χ1) is 38.3. The first-order valence-electron chi connectivity index (χ1n) is 26.4. The van der Waals surface area contributed by atoms with Crippen molar-refractivity contribution < 1.29 is 88.2 Å². The normalized spacial score (nSPS) is 15.6. The van der Waals surface area contributed by atoms with E-state index in [-0.39, 0.29) is 43.8 Å². The number of aliphatic hydroxyl groups excluding tert-OH is 3. The van der Waals surface area contributed by atoms with Crippen LogP contribution < -0.4 is 59.3 Å². The van der Waals surface area contributed by atoms with E-state index in [2.05, 4.69) is 47.9 Å². The van der Waals surface area contributed by atoms with Gasteiger partial charge in [-0.3, -0.25) is 52.7 Å². The second-order valence-electron chi connectivity index (χ2n) is 20.5. The van der Waals surface area contributed by atoms with Crippen molar-refractivity contribution in [1.82, 2.24) is 47.9 Å². The number of benzene rings is 2. The summed E-state index contributed by atoms with van der Waals surface area (Å²) in [6.07, 6.45) is -5.52. The van der Waals surface area contributed by atoms with Crippen LogP contribution in [0.5, 0.6) is 5.75 Å². The Morgan fingerprint density at radius 3 is 1.38 bits per heavy atom. The van der Waals surface area contributed by atoms with Crippen molar-refractivity contribution in [2.24, 2.45) is 23.3 Å². The Bertz CT molecular complexity index is 2530. The van der Waals surface area contributed by atoms with Gasteiger partial charge in [0.1, 0.15) is 66.2 Å². The SMILES string of the molecule is CC(C)C[C@H](NC(=O)[C@H](CCC(N)=O)NC(=O)[C@@H](N)[C@@H](C)O)C(=O)N[C@@H](C)C(=O)N[C@H](C(=O)N[C@@H](Cc1ccc(O)cc1)C(=O)N[C@@H](CO)C(=O)N[C@@H](Cc1ccccc1)C(=O)N[C@@H](CCC(=O)O)C(=O)N[C@H](C(=O)O)C(C)C)[C@@H](C)O. The highest BCUT2D eigenvalue weighted by molar-refractivity contribution is 5.99. The first-order valence-corrected chi connectivity index (χ1v) is 26.4. The van der Waals surface area contributed by atoms with Gasteiger partial charge in [0.15, 0.2) is 0 Å². The molecule has 29 heteroatoms. The number of phenols is 1. The van der Waals surface area contributed by atoms with Gasteiger partial charge in [-0.2, -0.15) is 0 Å². The molecule has 29 nitrogen and oxygen atoms in total. The number of rotatable bonds is 35. The van der Waals surface area contributed by atoms with Crippen molar-refractivity contribution in [1.29, 1.82) is 0 Å². The molecular formula is C53H79N11O18. The van der Waals surface area contributed by atoms with Gasteiger partial charge in [-0.25, -0.2) is 4.79 Å². The molecule has 82 heavy (non-hydrogen) atoms. The molecule has 0 aliphatic heterocycles. The van der Waals surface area contributed by atoms with Gasteiger partial charge < -0.3 is 90.0 Å². The Hall–Kier alpha value is -8.28. The predicted molar refractivity (Wildman–Crippen MR) is 291 cm³/mol. The van der Waals surface area contributed by atoms with E-state index in [0.29, 0.717) is 11.1 Å². The molecule has 0 aliphatic rings. The number of primary amides is 1. The molecule has 0 unspecified atom stereocenters. The monoisotopic (exact) mass is 1160 g/mol. The molecule has 0 bridgehead atoms. The van der Waals surface area contributed by atoms with E-state index in [1.165, 1.54) is 52.0 Å². The Labute approximate surface area is 473 Å². The lowest BCUT2D eigenvalue weighted by Gasteiger charge is -2.28. The highest BCUT2D eigenvalue weighted by atomic mass is 16.4. The van der Waals surface area contributed by atoms with Crippen molar-refractivity contribution in [3.8, 4) is 5.75 Å². The first kappa shape index (κ1) is 69.8. The number of aromatic hydroxyl groups is 1. The standard InChI is InChI=1S/C53H79N11O18/c1-25(2)21-35(59-45(73)33(17-19-39(54)69)58-51(79)41(55)28(6)66)47(75)56-27(5)44(72)64-43(29(7)67)52(80)61-37(23-31-13-15-32(68)16-14-31)49(77)62-38(24-65)50(78)60-36(22-30-11-9-8-10-12-30)48(76)57-34(18-20-40(70)71)46(74)63-42(26(3)4)53(81)82/h8-16,25-29,33-38,41-43,65-68H,17-24,55H2,1-7H3,(H2,54,69)(H,56,75)(H,57,76)(H,58,79)(H,59,73)(H,60,78)(H,61,80)(H,62,77)(H,63,74)(H,64,72)(H,70,71)(H,81,82)/t27-,28+,29+,33-,34-,35-,36-,37-,38-,41-,42-,43-/m0/s1. The smallest absolute Gasteiger partial charge is 0.326 e. The lowest BCUT2D eigenvalue weighted by atomic mass is 10.0. The van der Waals surface area contributed by atoms with E-state index in [1.807, 2.05) is 0 Å². The predicted octanol–water partition coefficient (Wildman–Crippen LogP) is -4.44. The largest absolute Gasteiger partial charge is 0.508 e. The fraction of sp³-hybridized carbons (Fsp3) is 0.547. The van der Waals surface area contributed by atoms with Gasteiger partial charge in [-0.15, -0.1) is 0 Å². The number of nitrogens with one attached hydrogen (secondary N) is 9. The van der Waals surface area contributed by atoms with E-state index in [9.17, 15) is 88.2 Å². The number of aliphatic hydroxyl groups is 3. The molecule has 0 saturated heterocycles. The molecule has 0 saturated carbocycles. The Balaban J connectivity index is 2.42. The van der Waals surface area contributed by atoms with Crippen molar-refractivity contribution >= 4 is 71.0 Å². The van der Waals surface area contributed by atoms with Crippen molar-refractivity contribution in [2.45, 2.75) is 166 Å². The Morgan fingerprint density at radius 2 is 0.902 bits per heavy atom. The zero-order valence-corrected chi connectivity index (χ0v) is 46.7. The van der Waals surface area contributed by atoms with Crippen LogP contribution in [0.25, 0.3) is 0 Å². The molecule has 454 valence electrons. The van der Waals surface area contributed by atoms with E-state index in [4.69, 9.17) is 11.5 Å². The van der Waals surface area contributed by atoms with Gasteiger partial charge in [-0.1, -0.05) is 70.2 Å². The minimum Gasteiger partial charge on any atom is -0.508 e. The summed E-state index contributed by atoms with van der Waals surface area (Å²) in [5.41, 5.74) is 11.8. The summed E-state index contributed by atoms with van der Waals surface area (Å²) in [5.74, 6) is -14.0. The second kappa shape index (κ2) is 34.1. The maximum Gasteiger partial charge on any atom is 0.326 e. The summed E-state index contributed by atoms with van der Waals surface area (Å²) < 4.78 is 0. The van der Waals surface area contributed by atoms with Gasteiger partial charge >= 0.3 is 11.9 Å². The van der Waals surface area contributed by atoms with Crippen LogP contribution in [0.1, 0.15) is 91.7 Å². The van der Waals surface area contributed by atoms with Crippen LogP contribution in [-0.4, -0.2) is 181 Å². The minimum atomic E-state index is -1.87. The highest BCUT2D eigenvalue weighted by Gasteiger charge is 2.37. The van der Waals surface area contributed by atoms with Crippen LogP contribution in [0.2, 0.25) is 0 Å². The summed E-state index contributed by atoms with van der Waals surface area (Å²) in [4.78, 5) is 158. The third-order valence-electron chi connectivity index (χ3n) is 12.5. The molecule has 12 atom stereocenters. The molecule has 0 aliphatic carbocycles. The van der Waals surface area contributed by atoms with E-state index in [0.717, 1.165) is 6.92 Å². The van der Waals surface area contributed by atoms with E-state index < -0.39 is 169 Å². The quantitative estimate of drug-likeness (QED) is 0.0310. The van der Waals surface area contributed by atoms with Crippen LogP contribution in [0.4, 0.5) is 0 Å². The summed E-state index contributed by atoms with van der Waals surface area (Å²) >= 11 is 0. The number of aliphatic carboxylic acids is 2. The summed E-state index contributed by atoms with van der Waals surface area (Å²) in [6, 6.07) is -2.45. The molecule has 2 aromatic carbocycles. The zero-order chi connectivity index (χ0) is 62.1. The number of hydrogen-bond donors (Lipinski definition) is 17. The summed E-state index contributed by atoms with van der Waals surface area (Å²) in [7, 11) is 0. The maximum absolute atomic E-state index is 14.2. The summed E-state index contributed by atoms with van der Waals surface area (Å²) in [5, 5.41) is 81.4. The van der Waals surface area contributed by atoms with E-state index >= 15 is 0 Å². The van der Waals surface area contributed by atoms with Gasteiger partial charge in [-0.05, 0) is 75.1 Å². The Morgan fingerprint density at radius 1 is 0.476 bits per heavy atom. The minimum absolute atomic E-state index is 0.0194. The fourth-order valence-corrected chi connectivity index (χ4v) is 7.79. The van der Waals surface area contributed by atoms with Crippen molar-refractivity contribution in [2.75, 3.05) is 6.61 Å². The molecule has 10 amide bonds. The van der Waals surface area contributed by atoms with E-state index in [1.54, 1.807) is 44.2 Å². The molecule has 2 rings (SSSR count). The number of carboxylic acid groups (broad SMARTS) is 2. The third-order valence-corrected chi connectivity index (χ3v) is 12.5. The van der Waals surface area contributed by atoms with Gasteiger partial charge in [0.2, 0.25) is 59.1 Å². The second-order valence-corrected chi connectivity index (χ2v) is 20.5. The molecule has 0 fully saturated rings. The number of amides is 10. The van der Waals surface area contributed by atoms with Crippen molar-refractivity contribution in [3.63, 3.8) is 0 Å². The highest BCUT2D eigenvalue weighted by Crippen LogP contribution is 2.14. The lowest BCUT2D eigenvalue weighted by molar-refractivity contribution is -0.144. The average molecular weight is 1160 g/mol. The topological polar surface area (TPSA) is 487 Å². The number of hydrogen-bond acceptors (Lipinski definition) is 17. The van der Waals surface area contributed by atoms with Gasteiger partial charge in [0.05, 0.1) is 18.8 Å². The number of carbonyl (C=O) groups is 12. The zero-order valence-electron chi connectivity index (χ0n) is 46.7. The van der Waals surface area contributed by atoms with Crippen LogP contribution >= 0.6 is 0 Å². The number of carboxylic acids is 2. The average Bonchev–Trinajstić information content (AvgIpc) is 3.39. The van der Waals surface area contributed by atoms with Crippen LogP contribution in [0, 0.1) is 11.8 Å². The summed E-state index contributed by atoms with van der Waals surface area (Å²) in [6.45, 7) is 8.89. The van der Waals surface area contributed by atoms with Gasteiger partial charge in [0.25, 0.3) is 0 Å². The molecular weight excluding hydrogens is 1080 g/mol. The van der Waals surface area contributed by atoms with Crippen LogP contribution in [0.15, 0.2) is 54.6 Å². The lowest BCUT2D eigenvalue weighted by Crippen LogP contribution is -2.62. The molecule has 2 aromatic rings. The number of nitrogens with two attached hydrogens (primary N) is 2. The molecule has 19 N–H and O–H groups in total. The third kappa shape index (κ3) is 24.2. The molecule has 0 aromatic heterocycles. The van der Waals surface area contributed by atoms with Crippen molar-refractivity contribution in [3.05, 3.63) is 65.7 Å². The molecule has 0 radical (unpaired) electrons. The Kier molecular flexibility index (Phi) is 29.0. The number of phenolic OH excluding ortho intramolecular Hbond substituents is 1. The molecule has 0 heterocycles. The fourth-order valence-electron chi connectivity index (χ4n) is 7.79. The van der Waals surface area contributed by atoms with Gasteiger partial charge in [0, 0.05) is 25.7 Å². The maximum atomic E-state index is 14.2. The number of carbonyl (C=O) groups excluding carboxylic acids is 10. The van der Waals surface area contributed by atoms with Crippen LogP contribution in [0.3, 0.4) is 0 Å².